The highest BCUT2D eigenvalue weighted by Gasteiger charge is 2.23. The third kappa shape index (κ3) is 4.23. The largest absolute Gasteiger partial charge is 0.478 e. The molecule has 0 aliphatic carbocycles. The van der Waals surface area contributed by atoms with Gasteiger partial charge in [0.25, 0.3) is 5.91 Å². The first kappa shape index (κ1) is 17.1. The molecule has 0 saturated heterocycles. The summed E-state index contributed by atoms with van der Waals surface area (Å²) in [5.41, 5.74) is 0. The van der Waals surface area contributed by atoms with E-state index in [1.807, 2.05) is 0 Å². The summed E-state index contributed by atoms with van der Waals surface area (Å²) in [7, 11) is -4.39. The van der Waals surface area contributed by atoms with Gasteiger partial charge in [-0.2, -0.15) is 4.39 Å². The van der Waals surface area contributed by atoms with Gasteiger partial charge in [0.1, 0.15) is 4.90 Å². The number of primary sulfonamides is 1. The topological polar surface area (TPSA) is 98.5 Å². The van der Waals surface area contributed by atoms with Crippen molar-refractivity contribution >= 4 is 15.9 Å². The first-order chi connectivity index (χ1) is 9.68. The summed E-state index contributed by atoms with van der Waals surface area (Å²) in [5, 5.41) is 7.14. The zero-order valence-electron chi connectivity index (χ0n) is 11.1. The van der Waals surface area contributed by atoms with Crippen LogP contribution in [0.4, 0.5) is 8.78 Å². The van der Waals surface area contributed by atoms with Crippen LogP contribution in [0.5, 0.6) is 5.75 Å². The molecular weight excluding hydrogens is 306 g/mol. The van der Waals surface area contributed by atoms with E-state index in [9.17, 15) is 22.0 Å². The number of hydrogen-bond donors (Lipinski definition) is 2. The zero-order chi connectivity index (χ0) is 16.2. The van der Waals surface area contributed by atoms with Gasteiger partial charge in [0.05, 0.1) is 0 Å². The molecule has 6 nitrogen and oxygen atoms in total. The molecule has 0 aromatic heterocycles. The van der Waals surface area contributed by atoms with Gasteiger partial charge in [0, 0.05) is 6.54 Å². The van der Waals surface area contributed by atoms with Crippen LogP contribution in [0.3, 0.4) is 0 Å². The van der Waals surface area contributed by atoms with Crippen molar-refractivity contribution in [1.29, 1.82) is 0 Å². The van der Waals surface area contributed by atoms with E-state index >= 15 is 0 Å². The lowest BCUT2D eigenvalue weighted by atomic mass is 10.3. The van der Waals surface area contributed by atoms with E-state index in [4.69, 9.17) is 9.88 Å². The number of rotatable bonds is 6. The van der Waals surface area contributed by atoms with Crippen LogP contribution in [0.1, 0.15) is 6.92 Å². The Morgan fingerprint density at radius 1 is 1.48 bits per heavy atom. The van der Waals surface area contributed by atoms with Crippen molar-refractivity contribution in [3.8, 4) is 5.75 Å². The van der Waals surface area contributed by atoms with Gasteiger partial charge >= 0.3 is 0 Å². The summed E-state index contributed by atoms with van der Waals surface area (Å²) in [6.07, 6.45) is 0.324. The average molecular weight is 320 g/mol. The van der Waals surface area contributed by atoms with Gasteiger partial charge in [-0.15, -0.1) is 6.58 Å². The molecule has 0 aliphatic heterocycles. The number of nitrogens with two attached hydrogens (primary N) is 1. The molecule has 21 heavy (non-hydrogen) atoms. The third-order valence-corrected chi connectivity index (χ3v) is 3.34. The highest BCUT2D eigenvalue weighted by molar-refractivity contribution is 7.89. The Labute approximate surface area is 120 Å². The van der Waals surface area contributed by atoms with Gasteiger partial charge in [-0.25, -0.2) is 17.9 Å². The van der Waals surface area contributed by atoms with Crippen LogP contribution in [0, 0.1) is 11.6 Å². The van der Waals surface area contributed by atoms with E-state index in [0.717, 1.165) is 12.1 Å². The van der Waals surface area contributed by atoms with E-state index in [2.05, 4.69) is 11.9 Å². The fourth-order valence-corrected chi connectivity index (χ4v) is 1.98. The number of hydrogen-bond acceptors (Lipinski definition) is 4. The van der Waals surface area contributed by atoms with Gasteiger partial charge in [0.2, 0.25) is 15.8 Å². The Morgan fingerprint density at radius 3 is 2.62 bits per heavy atom. The Morgan fingerprint density at radius 2 is 2.10 bits per heavy atom. The Balaban J connectivity index is 2.99. The number of nitrogens with one attached hydrogen (secondary N) is 1. The second-order valence-electron chi connectivity index (χ2n) is 4.03. The molecule has 0 radical (unpaired) electrons. The van der Waals surface area contributed by atoms with E-state index in [1.54, 1.807) is 0 Å². The number of carbonyl (C=O) groups is 1. The molecule has 0 spiro atoms. The van der Waals surface area contributed by atoms with Crippen molar-refractivity contribution in [3.63, 3.8) is 0 Å². The van der Waals surface area contributed by atoms with Crippen LogP contribution in [0.2, 0.25) is 0 Å². The molecule has 0 bridgehead atoms. The summed E-state index contributed by atoms with van der Waals surface area (Å²) < 4.78 is 54.3. The number of amides is 1. The maximum Gasteiger partial charge on any atom is 0.261 e. The Bertz CT molecular complexity index is 661. The van der Waals surface area contributed by atoms with Gasteiger partial charge in [-0.05, 0) is 19.1 Å². The average Bonchev–Trinajstić information content (AvgIpc) is 2.39. The predicted octanol–water partition coefficient (Wildman–Crippen LogP) is 0.682. The van der Waals surface area contributed by atoms with Crippen molar-refractivity contribution in [2.75, 3.05) is 6.54 Å². The standard InChI is InChI=1S/C12H14F2N2O4S/c1-3-6-16-12(17)7(2)20-8-4-5-9(21(15,18)19)11(14)10(8)13/h3-5,7H,1,6H2,2H3,(H,16,17)(H2,15,18,19). The molecule has 0 saturated carbocycles. The van der Waals surface area contributed by atoms with Crippen LogP contribution >= 0.6 is 0 Å². The van der Waals surface area contributed by atoms with E-state index in [1.165, 1.54) is 13.0 Å². The molecule has 9 heteroatoms. The zero-order valence-corrected chi connectivity index (χ0v) is 11.9. The summed E-state index contributed by atoms with van der Waals surface area (Å²) >= 11 is 0. The van der Waals surface area contributed by atoms with E-state index in [0.29, 0.717) is 0 Å². The first-order valence-electron chi connectivity index (χ1n) is 5.74. The molecule has 1 rings (SSSR count). The lowest BCUT2D eigenvalue weighted by molar-refractivity contribution is -0.127. The number of ether oxygens (including phenoxy) is 1. The summed E-state index contributed by atoms with van der Waals surface area (Å²) in [4.78, 5) is 10.5. The van der Waals surface area contributed by atoms with Crippen molar-refractivity contribution in [2.24, 2.45) is 5.14 Å². The number of sulfonamides is 1. The van der Waals surface area contributed by atoms with Gasteiger partial charge < -0.3 is 10.1 Å². The van der Waals surface area contributed by atoms with Gasteiger partial charge in [0.15, 0.2) is 17.7 Å². The molecule has 1 atom stereocenters. The molecule has 1 aromatic carbocycles. The summed E-state index contributed by atoms with van der Waals surface area (Å²) in [5.74, 6) is -4.36. The maximum atomic E-state index is 13.7. The summed E-state index contributed by atoms with van der Waals surface area (Å²) in [6.45, 7) is 4.91. The molecule has 3 N–H and O–H groups in total. The molecule has 1 unspecified atom stereocenters. The fourth-order valence-electron chi connectivity index (χ4n) is 1.39. The maximum absolute atomic E-state index is 13.7. The SMILES string of the molecule is C=CCNC(=O)C(C)Oc1ccc(S(N)(=O)=O)c(F)c1F. The molecule has 1 aromatic rings. The first-order valence-corrected chi connectivity index (χ1v) is 7.29. The van der Waals surface area contributed by atoms with Crippen molar-refractivity contribution in [2.45, 2.75) is 17.9 Å². The third-order valence-electron chi connectivity index (χ3n) is 2.41. The predicted molar refractivity (Wildman–Crippen MR) is 71.0 cm³/mol. The van der Waals surface area contributed by atoms with Crippen molar-refractivity contribution in [1.82, 2.24) is 5.32 Å². The van der Waals surface area contributed by atoms with Crippen LogP contribution in [0.25, 0.3) is 0 Å². The number of benzene rings is 1. The van der Waals surface area contributed by atoms with E-state index in [-0.39, 0.29) is 6.54 Å². The molecule has 0 aliphatic rings. The quantitative estimate of drug-likeness (QED) is 0.753. The fraction of sp³-hybridized carbons (Fsp3) is 0.250. The number of halogens is 2. The van der Waals surface area contributed by atoms with Crippen LogP contribution < -0.4 is 15.2 Å². The van der Waals surface area contributed by atoms with Crippen LogP contribution in [-0.2, 0) is 14.8 Å². The lowest BCUT2D eigenvalue weighted by Gasteiger charge is -2.15. The minimum Gasteiger partial charge on any atom is -0.478 e. The van der Waals surface area contributed by atoms with Crippen LogP contribution in [-0.4, -0.2) is 27.0 Å². The van der Waals surface area contributed by atoms with E-state index < -0.39 is 44.3 Å². The molecule has 0 fully saturated rings. The lowest BCUT2D eigenvalue weighted by Crippen LogP contribution is -2.36. The van der Waals surface area contributed by atoms with Crippen LogP contribution in [0.15, 0.2) is 29.7 Å². The molecular formula is C12H14F2N2O4S. The second-order valence-corrected chi connectivity index (χ2v) is 5.56. The highest BCUT2D eigenvalue weighted by Crippen LogP contribution is 2.25. The van der Waals surface area contributed by atoms with Gasteiger partial charge in [-0.1, -0.05) is 6.08 Å². The highest BCUT2D eigenvalue weighted by atomic mass is 32.2. The Kier molecular flexibility index (Phi) is 5.39. The molecule has 1 amide bonds. The van der Waals surface area contributed by atoms with Crippen molar-refractivity contribution < 1.29 is 26.7 Å². The minimum absolute atomic E-state index is 0.188. The van der Waals surface area contributed by atoms with Gasteiger partial charge in [-0.3, -0.25) is 4.79 Å². The smallest absolute Gasteiger partial charge is 0.261 e. The monoisotopic (exact) mass is 320 g/mol. The molecule has 0 heterocycles. The minimum atomic E-state index is -4.39. The number of carbonyl (C=O) groups excluding carboxylic acids is 1. The Hall–Kier alpha value is -2.00. The second kappa shape index (κ2) is 6.64. The summed E-state index contributed by atoms with van der Waals surface area (Å²) in [6, 6.07) is 1.65. The molecule has 116 valence electrons. The van der Waals surface area contributed by atoms with Crippen molar-refractivity contribution in [3.05, 3.63) is 36.4 Å². The normalized spacial score (nSPS) is 12.6.